The summed E-state index contributed by atoms with van der Waals surface area (Å²) in [5.41, 5.74) is -8.33. The van der Waals surface area contributed by atoms with Crippen LogP contribution in [0.1, 0.15) is 104 Å². The molecule has 0 spiro atoms. The number of ether oxygens (including phenoxy) is 6. The van der Waals surface area contributed by atoms with Crippen molar-refractivity contribution in [3.63, 3.8) is 0 Å². The topological polar surface area (TPSA) is 231 Å². The second-order valence-electron chi connectivity index (χ2n) is 18.4. The van der Waals surface area contributed by atoms with Crippen LogP contribution in [0.3, 0.4) is 0 Å². The Hall–Kier alpha value is -5.16. The van der Waals surface area contributed by atoms with Gasteiger partial charge in [-0.3, -0.25) is 14.4 Å². The van der Waals surface area contributed by atoms with Crippen molar-refractivity contribution in [1.82, 2.24) is 5.32 Å². The van der Waals surface area contributed by atoms with Crippen LogP contribution in [-0.4, -0.2) is 111 Å². The highest BCUT2D eigenvalue weighted by Crippen LogP contribution is 2.64. The molecule has 2 unspecified atom stereocenters. The lowest BCUT2D eigenvalue weighted by molar-refractivity contribution is -0.346. The van der Waals surface area contributed by atoms with Crippen molar-refractivity contribution < 1.29 is 72.5 Å². The maximum absolute atomic E-state index is 15.1. The summed E-state index contributed by atoms with van der Waals surface area (Å²) in [6.45, 7) is 13.3. The second-order valence-corrected chi connectivity index (χ2v) is 18.4. The van der Waals surface area contributed by atoms with Gasteiger partial charge in [-0.15, -0.1) is 0 Å². The number of Topliss-reactive ketones (excluding diaryl/α,β-unsaturated/α-hetero) is 1. The minimum Gasteiger partial charge on any atom is -0.455 e. The molecular formula is C46H57NO15. The third-order valence-electron chi connectivity index (χ3n) is 13.1. The molecule has 4 aliphatic rings. The van der Waals surface area contributed by atoms with E-state index in [2.05, 4.69) is 5.32 Å². The zero-order valence-electron chi connectivity index (χ0n) is 36.5. The number of aliphatic hydroxyl groups is 3. The number of rotatable bonds is 10. The number of ketones is 1. The standard InChI is InChI=1S/C46H57NO15/c1-10-31(50)59-35(33(26-17-13-11-14-18-26)47-41(55)62-42(4,5)6)40(54)58-28-22-46(56)38(60-39(53)27-19-15-12-16-20-27)36-44(9,37(52)34(51)32(24(28)2)43(46,7)8)29(49)21-30-45(36,23-57-30)61-25(3)48/h11-20,28-30,33-36,38,49,51,56H,10,21-23H2,1-9H3,(H,47,55)/t28-,29-,30+,33-,34+,35+,36?,38?,44+,45-,46+/m0/s1. The summed E-state index contributed by atoms with van der Waals surface area (Å²) in [5, 5.41) is 40.5. The molecule has 336 valence electrons. The summed E-state index contributed by atoms with van der Waals surface area (Å²) >= 11 is 0. The average Bonchev–Trinajstić information content (AvgIpc) is 3.20. The molecule has 2 aromatic carbocycles. The van der Waals surface area contributed by atoms with Gasteiger partial charge in [0.15, 0.2) is 11.4 Å². The van der Waals surface area contributed by atoms with Crippen LogP contribution >= 0.6 is 0 Å². The Bertz CT molecular complexity index is 2110. The number of fused-ring (bicyclic) bond motifs is 5. The number of carbonyl (C=O) groups is 6. The molecule has 0 radical (unpaired) electrons. The number of hydrogen-bond acceptors (Lipinski definition) is 15. The average molecular weight is 864 g/mol. The van der Waals surface area contributed by atoms with Crippen molar-refractivity contribution in [2.24, 2.45) is 16.7 Å². The fourth-order valence-electron chi connectivity index (χ4n) is 9.89. The molecule has 1 heterocycles. The molecule has 4 N–H and O–H groups in total. The predicted molar refractivity (Wildman–Crippen MR) is 218 cm³/mol. The summed E-state index contributed by atoms with van der Waals surface area (Å²) in [5.74, 6) is -6.18. The summed E-state index contributed by atoms with van der Waals surface area (Å²) in [4.78, 5) is 83.2. The molecule has 2 saturated carbocycles. The van der Waals surface area contributed by atoms with Crippen molar-refractivity contribution in [3.8, 4) is 0 Å². The fraction of sp³-hybridized carbons (Fsp3) is 0.565. The minimum atomic E-state index is -2.39. The van der Waals surface area contributed by atoms with E-state index in [1.165, 1.54) is 32.9 Å². The van der Waals surface area contributed by atoms with Gasteiger partial charge in [0.2, 0.25) is 6.10 Å². The quantitative estimate of drug-likeness (QED) is 0.149. The predicted octanol–water partition coefficient (Wildman–Crippen LogP) is 4.22. The van der Waals surface area contributed by atoms with E-state index in [0.29, 0.717) is 5.56 Å². The van der Waals surface area contributed by atoms with Crippen molar-refractivity contribution in [3.05, 3.63) is 82.9 Å². The van der Waals surface area contributed by atoms with E-state index >= 15 is 4.79 Å². The number of alkyl carbamates (subject to hydrolysis) is 1. The molecular weight excluding hydrogens is 806 g/mol. The van der Waals surface area contributed by atoms with E-state index in [-0.39, 0.29) is 36.2 Å². The third kappa shape index (κ3) is 8.01. The lowest BCUT2D eigenvalue weighted by Crippen LogP contribution is -2.81. The zero-order valence-corrected chi connectivity index (χ0v) is 36.5. The molecule has 1 aliphatic heterocycles. The monoisotopic (exact) mass is 863 g/mol. The van der Waals surface area contributed by atoms with Crippen LogP contribution < -0.4 is 5.32 Å². The van der Waals surface area contributed by atoms with Gasteiger partial charge < -0.3 is 49.1 Å². The van der Waals surface area contributed by atoms with Gasteiger partial charge in [-0.25, -0.2) is 14.4 Å². The van der Waals surface area contributed by atoms with Crippen molar-refractivity contribution in [1.29, 1.82) is 0 Å². The second kappa shape index (κ2) is 16.8. The number of aliphatic hydroxyl groups excluding tert-OH is 2. The molecule has 0 aromatic heterocycles. The van der Waals surface area contributed by atoms with Gasteiger partial charge in [0.05, 0.1) is 29.6 Å². The first kappa shape index (κ1) is 46.3. The molecule has 2 aromatic rings. The highest BCUT2D eigenvalue weighted by Gasteiger charge is 2.78. The first-order valence-electron chi connectivity index (χ1n) is 20.8. The number of nitrogens with one attached hydrogen (secondary N) is 1. The Morgan fingerprint density at radius 1 is 0.952 bits per heavy atom. The Morgan fingerprint density at radius 3 is 2.11 bits per heavy atom. The van der Waals surface area contributed by atoms with Crippen LogP contribution in [0, 0.1) is 16.7 Å². The van der Waals surface area contributed by atoms with Crippen LogP contribution in [0.5, 0.6) is 0 Å². The van der Waals surface area contributed by atoms with Gasteiger partial charge in [-0.2, -0.15) is 0 Å². The van der Waals surface area contributed by atoms with Crippen LogP contribution in [0.15, 0.2) is 71.8 Å². The number of benzene rings is 2. The molecule has 3 aliphatic carbocycles. The van der Waals surface area contributed by atoms with Crippen LogP contribution in [0.2, 0.25) is 0 Å². The molecule has 1 saturated heterocycles. The molecule has 16 nitrogen and oxygen atoms in total. The molecule has 11 atom stereocenters. The Kier molecular flexibility index (Phi) is 12.6. The first-order valence-corrected chi connectivity index (χ1v) is 20.8. The van der Waals surface area contributed by atoms with E-state index in [1.807, 2.05) is 0 Å². The fourth-order valence-corrected chi connectivity index (χ4v) is 9.89. The van der Waals surface area contributed by atoms with E-state index in [4.69, 9.17) is 28.4 Å². The molecule has 16 heteroatoms. The van der Waals surface area contributed by atoms with Crippen molar-refractivity contribution >= 4 is 35.8 Å². The van der Waals surface area contributed by atoms with Crippen molar-refractivity contribution in [2.75, 3.05) is 6.61 Å². The van der Waals surface area contributed by atoms with Gasteiger partial charge in [-0.1, -0.05) is 69.3 Å². The van der Waals surface area contributed by atoms with Gasteiger partial charge in [0.1, 0.15) is 41.7 Å². The normalized spacial score (nSPS) is 32.2. The van der Waals surface area contributed by atoms with Gasteiger partial charge >= 0.3 is 30.0 Å². The van der Waals surface area contributed by atoms with Gasteiger partial charge in [0, 0.05) is 31.6 Å². The zero-order chi connectivity index (χ0) is 45.7. The summed E-state index contributed by atoms with van der Waals surface area (Å²) in [7, 11) is 0. The lowest BCUT2D eigenvalue weighted by atomic mass is 9.44. The summed E-state index contributed by atoms with van der Waals surface area (Å²) < 4.78 is 35.6. The van der Waals surface area contributed by atoms with E-state index in [9.17, 15) is 39.3 Å². The van der Waals surface area contributed by atoms with Crippen molar-refractivity contribution in [2.45, 2.75) is 141 Å². The van der Waals surface area contributed by atoms with E-state index in [1.54, 1.807) is 83.1 Å². The first-order chi connectivity index (χ1) is 28.9. The summed E-state index contributed by atoms with van der Waals surface area (Å²) in [6.07, 6.45) is -11.6. The minimum absolute atomic E-state index is 0.0686. The molecule has 62 heavy (non-hydrogen) atoms. The molecule has 3 fully saturated rings. The molecule has 2 bridgehead atoms. The van der Waals surface area contributed by atoms with Gasteiger partial charge in [0.25, 0.3) is 0 Å². The Labute approximate surface area is 360 Å². The highest BCUT2D eigenvalue weighted by atomic mass is 16.6. The number of esters is 4. The molecule has 1 amide bonds. The lowest BCUT2D eigenvalue weighted by Gasteiger charge is -2.67. The smallest absolute Gasteiger partial charge is 0.408 e. The highest BCUT2D eigenvalue weighted by molar-refractivity contribution is 5.94. The molecule has 6 rings (SSSR count). The van der Waals surface area contributed by atoms with Gasteiger partial charge in [-0.05, 0) is 63.5 Å². The summed E-state index contributed by atoms with van der Waals surface area (Å²) in [6, 6.07) is 14.7. The van der Waals surface area contributed by atoms with Crippen LogP contribution in [0.4, 0.5) is 4.79 Å². The SMILES string of the molecule is CCC(=O)O[C@@H](C(=O)O[C@H]1C[C@@]2(O)C(OC(=O)c3ccccc3)C3[C@](C)(C(=O)[C@H](O)C(=C1C)C2(C)C)[C@@H](O)C[C@H]1OC[C@@]31OC(C)=O)[C@@H](NC(=O)OC(C)(C)C)c1ccccc1. The largest absolute Gasteiger partial charge is 0.455 e. The third-order valence-corrected chi connectivity index (χ3v) is 13.1. The van der Waals surface area contributed by atoms with Crippen LogP contribution in [0.25, 0.3) is 0 Å². The van der Waals surface area contributed by atoms with Crippen LogP contribution in [-0.2, 0) is 47.6 Å². The number of carbonyl (C=O) groups excluding carboxylic acids is 6. The van der Waals surface area contributed by atoms with E-state index in [0.717, 1.165) is 6.92 Å². The maximum Gasteiger partial charge on any atom is 0.408 e. The Balaban J connectivity index is 1.53. The Morgan fingerprint density at radius 2 is 1.56 bits per heavy atom. The maximum atomic E-state index is 15.1. The number of amides is 1. The van der Waals surface area contributed by atoms with E-state index < -0.39 is 118 Å². The number of hydrogen-bond donors (Lipinski definition) is 4.